The molecule has 0 spiro atoms. The van der Waals surface area contributed by atoms with Gasteiger partial charge in [0.2, 0.25) is 5.91 Å². The number of amides is 1. The van der Waals surface area contributed by atoms with Gasteiger partial charge in [0.1, 0.15) is 18.0 Å². The Kier molecular flexibility index (Phi) is 4.09. The minimum atomic E-state index is -0.225. The second kappa shape index (κ2) is 5.96. The second-order valence-electron chi connectivity index (χ2n) is 4.09. The first-order valence-electron chi connectivity index (χ1n) is 5.92. The van der Waals surface area contributed by atoms with E-state index in [-0.39, 0.29) is 12.5 Å². The highest BCUT2D eigenvalue weighted by Gasteiger charge is 2.09. The zero-order valence-corrected chi connectivity index (χ0v) is 11.3. The summed E-state index contributed by atoms with van der Waals surface area (Å²) >= 11 is 0. The van der Waals surface area contributed by atoms with E-state index in [2.05, 4.69) is 10.4 Å². The molecule has 3 N–H and O–H groups in total. The lowest BCUT2D eigenvalue weighted by Crippen LogP contribution is -2.19. The number of rotatable bonds is 5. The highest BCUT2D eigenvalue weighted by atomic mass is 16.5. The molecule has 0 aliphatic rings. The first kappa shape index (κ1) is 13.7. The summed E-state index contributed by atoms with van der Waals surface area (Å²) in [5.41, 5.74) is 6.62. The van der Waals surface area contributed by atoms with Crippen LogP contribution in [0.3, 0.4) is 0 Å². The number of methoxy groups -OCH3 is 2. The smallest absolute Gasteiger partial charge is 0.246 e. The lowest BCUT2D eigenvalue weighted by atomic mass is 10.2. The molecule has 1 amide bonds. The number of hydrogen-bond acceptors (Lipinski definition) is 5. The van der Waals surface area contributed by atoms with Gasteiger partial charge in [0, 0.05) is 12.3 Å². The van der Waals surface area contributed by atoms with Crippen LogP contribution >= 0.6 is 0 Å². The molecule has 0 aliphatic heterocycles. The van der Waals surface area contributed by atoms with Crippen molar-refractivity contribution in [1.29, 1.82) is 0 Å². The Morgan fingerprint density at radius 3 is 2.80 bits per heavy atom. The van der Waals surface area contributed by atoms with Crippen LogP contribution in [0.2, 0.25) is 0 Å². The maximum absolute atomic E-state index is 11.9. The average Bonchev–Trinajstić information content (AvgIpc) is 2.84. The Morgan fingerprint density at radius 1 is 1.40 bits per heavy atom. The molecule has 0 atom stereocenters. The quantitative estimate of drug-likeness (QED) is 0.854. The third-order valence-corrected chi connectivity index (χ3v) is 2.64. The molecule has 2 aromatic rings. The number of hydrogen-bond donors (Lipinski definition) is 2. The molecule has 0 fully saturated rings. The van der Waals surface area contributed by atoms with E-state index in [0.29, 0.717) is 22.9 Å². The zero-order chi connectivity index (χ0) is 14.5. The largest absolute Gasteiger partial charge is 0.497 e. The van der Waals surface area contributed by atoms with E-state index in [9.17, 15) is 4.79 Å². The molecule has 0 saturated heterocycles. The van der Waals surface area contributed by atoms with Crippen LogP contribution in [0.1, 0.15) is 0 Å². The van der Waals surface area contributed by atoms with Crippen molar-refractivity contribution in [1.82, 2.24) is 9.78 Å². The molecule has 7 heteroatoms. The zero-order valence-electron chi connectivity index (χ0n) is 11.3. The van der Waals surface area contributed by atoms with Gasteiger partial charge in [-0.1, -0.05) is 0 Å². The Balaban J connectivity index is 2.07. The number of nitrogens with one attached hydrogen (secondary N) is 1. The number of nitrogens with zero attached hydrogens (tertiary/aromatic N) is 2. The van der Waals surface area contributed by atoms with E-state index in [0.717, 1.165) is 0 Å². The van der Waals surface area contributed by atoms with Crippen LogP contribution in [0.15, 0.2) is 30.6 Å². The van der Waals surface area contributed by atoms with Gasteiger partial charge in [0.25, 0.3) is 0 Å². The van der Waals surface area contributed by atoms with Crippen LogP contribution in [0.5, 0.6) is 11.5 Å². The van der Waals surface area contributed by atoms with Gasteiger partial charge in [-0.2, -0.15) is 5.10 Å². The molecule has 0 radical (unpaired) electrons. The lowest BCUT2D eigenvalue weighted by molar-refractivity contribution is -0.116. The maximum Gasteiger partial charge on any atom is 0.246 e. The van der Waals surface area contributed by atoms with Gasteiger partial charge in [0.15, 0.2) is 0 Å². The van der Waals surface area contributed by atoms with Gasteiger partial charge >= 0.3 is 0 Å². The van der Waals surface area contributed by atoms with Crippen molar-refractivity contribution >= 4 is 17.3 Å². The molecule has 0 aliphatic carbocycles. The minimum absolute atomic E-state index is 0.0758. The van der Waals surface area contributed by atoms with Crippen LogP contribution in [0, 0.1) is 0 Å². The van der Waals surface area contributed by atoms with Crippen molar-refractivity contribution in [3.63, 3.8) is 0 Å². The number of carbonyl (C=O) groups is 1. The van der Waals surface area contributed by atoms with Crippen LogP contribution in [-0.4, -0.2) is 29.9 Å². The van der Waals surface area contributed by atoms with Crippen molar-refractivity contribution in [3.05, 3.63) is 30.6 Å². The summed E-state index contributed by atoms with van der Waals surface area (Å²) in [7, 11) is 3.09. The normalized spacial score (nSPS) is 10.1. The standard InChI is InChI=1S/C13H16N4O3/c1-19-10-3-4-11(12(5-10)20-2)16-13(18)8-17-7-9(14)6-15-17/h3-7H,8,14H2,1-2H3,(H,16,18). The highest BCUT2D eigenvalue weighted by Crippen LogP contribution is 2.28. The molecule has 106 valence electrons. The second-order valence-corrected chi connectivity index (χ2v) is 4.09. The molecule has 2 rings (SSSR count). The summed E-state index contributed by atoms with van der Waals surface area (Å²) in [5, 5.41) is 6.70. The SMILES string of the molecule is COc1ccc(NC(=O)Cn2cc(N)cn2)c(OC)c1. The van der Waals surface area contributed by atoms with Gasteiger partial charge in [0.05, 0.1) is 31.8 Å². The van der Waals surface area contributed by atoms with Gasteiger partial charge in [-0.25, -0.2) is 0 Å². The highest BCUT2D eigenvalue weighted by molar-refractivity contribution is 5.92. The molecule has 1 aromatic carbocycles. The molecular weight excluding hydrogens is 260 g/mol. The average molecular weight is 276 g/mol. The Bertz CT molecular complexity index is 609. The van der Waals surface area contributed by atoms with Crippen LogP contribution < -0.4 is 20.5 Å². The summed E-state index contributed by atoms with van der Waals surface area (Å²) in [4.78, 5) is 11.9. The summed E-state index contributed by atoms with van der Waals surface area (Å²) in [6.07, 6.45) is 3.08. The van der Waals surface area contributed by atoms with Crippen LogP contribution in [0.4, 0.5) is 11.4 Å². The number of carbonyl (C=O) groups excluding carboxylic acids is 1. The van der Waals surface area contributed by atoms with Crippen LogP contribution in [0.25, 0.3) is 0 Å². The fourth-order valence-corrected chi connectivity index (χ4v) is 1.70. The Labute approximate surface area is 116 Å². The molecule has 20 heavy (non-hydrogen) atoms. The summed E-state index contributed by atoms with van der Waals surface area (Å²) in [6, 6.07) is 5.15. The van der Waals surface area contributed by atoms with Crippen molar-refractivity contribution in [3.8, 4) is 11.5 Å². The van der Waals surface area contributed by atoms with Gasteiger partial charge in [-0.3, -0.25) is 9.48 Å². The number of nitrogen functional groups attached to an aromatic ring is 1. The third-order valence-electron chi connectivity index (χ3n) is 2.64. The summed E-state index contributed by atoms with van der Waals surface area (Å²) in [6.45, 7) is 0.0758. The summed E-state index contributed by atoms with van der Waals surface area (Å²) in [5.74, 6) is 0.953. The predicted octanol–water partition coefficient (Wildman–Crippen LogP) is 1.12. The third kappa shape index (κ3) is 3.19. The minimum Gasteiger partial charge on any atom is -0.497 e. The first-order chi connectivity index (χ1) is 9.62. The number of benzene rings is 1. The molecule has 0 saturated carbocycles. The Morgan fingerprint density at radius 2 is 2.20 bits per heavy atom. The van der Waals surface area contributed by atoms with E-state index in [1.165, 1.54) is 18.0 Å². The molecule has 0 bridgehead atoms. The van der Waals surface area contributed by atoms with Crippen LogP contribution in [-0.2, 0) is 11.3 Å². The fraction of sp³-hybridized carbons (Fsp3) is 0.231. The Hall–Kier alpha value is -2.70. The van der Waals surface area contributed by atoms with E-state index >= 15 is 0 Å². The lowest BCUT2D eigenvalue weighted by Gasteiger charge is -2.11. The predicted molar refractivity (Wildman–Crippen MR) is 74.8 cm³/mol. The maximum atomic E-state index is 11.9. The van der Waals surface area contributed by atoms with Crippen molar-refractivity contribution < 1.29 is 14.3 Å². The van der Waals surface area contributed by atoms with E-state index in [1.54, 1.807) is 31.5 Å². The van der Waals surface area contributed by atoms with Gasteiger partial charge in [-0.05, 0) is 12.1 Å². The molecule has 1 heterocycles. The van der Waals surface area contributed by atoms with Gasteiger partial charge < -0.3 is 20.5 Å². The molecule has 0 unspecified atom stereocenters. The number of nitrogens with two attached hydrogens (primary N) is 1. The van der Waals surface area contributed by atoms with E-state index in [1.807, 2.05) is 0 Å². The van der Waals surface area contributed by atoms with Gasteiger partial charge in [-0.15, -0.1) is 0 Å². The van der Waals surface area contributed by atoms with E-state index < -0.39 is 0 Å². The first-order valence-corrected chi connectivity index (χ1v) is 5.92. The van der Waals surface area contributed by atoms with E-state index in [4.69, 9.17) is 15.2 Å². The van der Waals surface area contributed by atoms with Crippen molar-refractivity contribution in [2.45, 2.75) is 6.54 Å². The molecule has 1 aromatic heterocycles. The summed E-state index contributed by atoms with van der Waals surface area (Å²) < 4.78 is 11.8. The molecular formula is C13H16N4O3. The topological polar surface area (TPSA) is 91.4 Å². The fourth-order valence-electron chi connectivity index (χ4n) is 1.70. The number of aromatic nitrogens is 2. The number of anilines is 2. The molecule has 7 nitrogen and oxygen atoms in total. The van der Waals surface area contributed by atoms with Crippen molar-refractivity contribution in [2.75, 3.05) is 25.3 Å². The number of ether oxygens (including phenoxy) is 2. The monoisotopic (exact) mass is 276 g/mol. The van der Waals surface area contributed by atoms with Crippen molar-refractivity contribution in [2.24, 2.45) is 0 Å².